The highest BCUT2D eigenvalue weighted by Crippen LogP contribution is 2.31. The van der Waals surface area contributed by atoms with Crippen LogP contribution in [0.15, 0.2) is 45.0 Å². The van der Waals surface area contributed by atoms with Gasteiger partial charge in [-0.2, -0.15) is 5.10 Å². The average Bonchev–Trinajstić information content (AvgIpc) is 3.41. The first-order valence-electron chi connectivity index (χ1n) is 9.36. The topological polar surface area (TPSA) is 111 Å². The summed E-state index contributed by atoms with van der Waals surface area (Å²) in [6.45, 7) is 2.96. The fraction of sp³-hybridized carbons (Fsp3) is 0.300. The number of aryl methyl sites for hydroxylation is 1. The molecule has 29 heavy (non-hydrogen) atoms. The number of allylic oxidation sites excluding steroid dienone is 1. The molecule has 4 rings (SSSR count). The number of likely N-dealkylation sites (N-methyl/N-ethyl adjacent to an activating group) is 1. The normalized spacial score (nSPS) is 19.7. The van der Waals surface area contributed by atoms with Crippen LogP contribution in [0.2, 0.25) is 0 Å². The second-order valence-electron chi connectivity index (χ2n) is 7.22. The molecule has 2 aliphatic heterocycles. The van der Waals surface area contributed by atoms with Gasteiger partial charge in [-0.1, -0.05) is 5.16 Å². The van der Waals surface area contributed by atoms with Crippen molar-refractivity contribution in [3.63, 3.8) is 0 Å². The summed E-state index contributed by atoms with van der Waals surface area (Å²) in [5.41, 5.74) is 8.69. The Morgan fingerprint density at radius 2 is 2.21 bits per heavy atom. The maximum Gasteiger partial charge on any atom is 0.254 e. The Morgan fingerprint density at radius 1 is 1.34 bits per heavy atom. The molecule has 0 radical (unpaired) electrons. The number of hydrogen-bond acceptors (Lipinski definition) is 7. The summed E-state index contributed by atoms with van der Waals surface area (Å²) in [4.78, 5) is 22.1. The fourth-order valence-electron chi connectivity index (χ4n) is 3.48. The molecule has 2 aromatic rings. The number of aromatic amines is 1. The Bertz CT molecular complexity index is 1030. The lowest BCUT2D eigenvalue weighted by Crippen LogP contribution is -2.32. The molecule has 0 aliphatic carbocycles. The maximum atomic E-state index is 12.1. The zero-order chi connectivity index (χ0) is 20.4. The van der Waals surface area contributed by atoms with Crippen LogP contribution in [0.5, 0.6) is 0 Å². The molecule has 2 aliphatic rings. The third-order valence-electron chi connectivity index (χ3n) is 4.92. The third-order valence-corrected chi connectivity index (χ3v) is 4.92. The number of rotatable bonds is 6. The minimum Gasteiger partial charge on any atom is -0.364 e. The molecular formula is C20H23N7O2. The molecule has 0 saturated carbocycles. The van der Waals surface area contributed by atoms with Crippen LogP contribution in [-0.4, -0.2) is 53.5 Å². The zero-order valence-electron chi connectivity index (χ0n) is 16.6. The molecule has 9 nitrogen and oxygen atoms in total. The van der Waals surface area contributed by atoms with Crippen LogP contribution in [0.25, 0.3) is 17.3 Å². The number of nitrogens with one attached hydrogen (secondary N) is 3. The molecular weight excluding hydrogens is 370 g/mol. The van der Waals surface area contributed by atoms with Crippen molar-refractivity contribution in [3.8, 4) is 11.3 Å². The van der Waals surface area contributed by atoms with Crippen molar-refractivity contribution in [2.45, 2.75) is 13.3 Å². The van der Waals surface area contributed by atoms with Gasteiger partial charge in [-0.15, -0.1) is 0 Å². The van der Waals surface area contributed by atoms with E-state index in [1.807, 2.05) is 12.1 Å². The molecule has 9 heteroatoms. The molecule has 0 spiro atoms. The summed E-state index contributed by atoms with van der Waals surface area (Å²) in [5.74, 6) is -0.726. The first-order valence-corrected chi connectivity index (χ1v) is 9.36. The fourth-order valence-corrected chi connectivity index (χ4v) is 3.48. The summed E-state index contributed by atoms with van der Waals surface area (Å²) in [7, 11) is 4.10. The van der Waals surface area contributed by atoms with Crippen LogP contribution in [0.1, 0.15) is 17.0 Å². The predicted octanol–water partition coefficient (Wildman–Crippen LogP) is 1.67. The lowest BCUT2D eigenvalue weighted by atomic mass is 9.98. The van der Waals surface area contributed by atoms with E-state index >= 15 is 0 Å². The monoisotopic (exact) mass is 393 g/mol. The largest absolute Gasteiger partial charge is 0.364 e. The van der Waals surface area contributed by atoms with Gasteiger partial charge in [-0.05, 0) is 39.1 Å². The van der Waals surface area contributed by atoms with Crippen LogP contribution < -0.4 is 10.7 Å². The lowest BCUT2D eigenvalue weighted by molar-refractivity contribution is -0.120. The number of H-pyrrole nitrogens is 1. The highest BCUT2D eigenvalue weighted by molar-refractivity contribution is 6.24. The van der Waals surface area contributed by atoms with Crippen molar-refractivity contribution in [1.82, 2.24) is 25.8 Å². The average molecular weight is 393 g/mol. The molecule has 0 saturated heterocycles. The van der Waals surface area contributed by atoms with Gasteiger partial charge in [0.2, 0.25) is 0 Å². The molecule has 1 atom stereocenters. The van der Waals surface area contributed by atoms with Crippen molar-refractivity contribution >= 4 is 23.9 Å². The summed E-state index contributed by atoms with van der Waals surface area (Å²) >= 11 is 0. The maximum absolute atomic E-state index is 12.1. The van der Waals surface area contributed by atoms with Gasteiger partial charge in [0.1, 0.15) is 17.9 Å². The van der Waals surface area contributed by atoms with Crippen molar-refractivity contribution in [3.05, 3.63) is 47.4 Å². The number of hydrazone groups is 1. The van der Waals surface area contributed by atoms with Crippen LogP contribution in [0.4, 0.5) is 0 Å². The van der Waals surface area contributed by atoms with E-state index in [1.54, 1.807) is 24.9 Å². The molecule has 0 fully saturated rings. The number of aromatic nitrogens is 2. The Labute approximate surface area is 168 Å². The summed E-state index contributed by atoms with van der Waals surface area (Å²) in [6.07, 6.45) is 9.32. The van der Waals surface area contributed by atoms with Crippen LogP contribution in [0, 0.1) is 12.8 Å². The second-order valence-corrected chi connectivity index (χ2v) is 7.22. The smallest absolute Gasteiger partial charge is 0.254 e. The second kappa shape index (κ2) is 7.88. The third kappa shape index (κ3) is 3.77. The van der Waals surface area contributed by atoms with Gasteiger partial charge in [-0.25, -0.2) is 5.43 Å². The Morgan fingerprint density at radius 3 is 2.90 bits per heavy atom. The summed E-state index contributed by atoms with van der Waals surface area (Å²) < 4.78 is 5.10. The van der Waals surface area contributed by atoms with Gasteiger partial charge in [0, 0.05) is 42.5 Å². The van der Waals surface area contributed by atoms with Crippen molar-refractivity contribution in [1.29, 1.82) is 0 Å². The molecule has 0 aromatic carbocycles. The Kier molecular flexibility index (Phi) is 5.13. The minimum atomic E-state index is -0.529. The molecule has 1 unspecified atom stereocenters. The van der Waals surface area contributed by atoms with Crippen LogP contribution in [-0.2, 0) is 11.2 Å². The molecule has 3 N–H and O–H groups in total. The van der Waals surface area contributed by atoms with E-state index in [0.29, 0.717) is 5.71 Å². The van der Waals surface area contributed by atoms with Gasteiger partial charge >= 0.3 is 0 Å². The van der Waals surface area contributed by atoms with Gasteiger partial charge in [0.05, 0.1) is 17.1 Å². The van der Waals surface area contributed by atoms with Gasteiger partial charge in [0.15, 0.2) is 0 Å². The minimum absolute atomic E-state index is 0.196. The quantitative estimate of drug-likeness (QED) is 0.691. The Hall–Kier alpha value is -3.46. The Balaban J connectivity index is 1.77. The first-order chi connectivity index (χ1) is 14.0. The van der Waals surface area contributed by atoms with E-state index in [9.17, 15) is 4.79 Å². The van der Waals surface area contributed by atoms with E-state index in [4.69, 9.17) is 4.52 Å². The zero-order valence-corrected chi connectivity index (χ0v) is 16.6. The summed E-state index contributed by atoms with van der Waals surface area (Å²) in [5, 5.41) is 11.2. The van der Waals surface area contributed by atoms with Crippen LogP contribution >= 0.6 is 0 Å². The van der Waals surface area contributed by atoms with Crippen LogP contribution in [0.3, 0.4) is 0 Å². The SMILES string of the molecule is Cc1[nH]c(C=C2NC=CN=C2C2C=NNC2=O)c(-c2ccon2)c1CCN(C)C. The molecule has 150 valence electrons. The highest BCUT2D eigenvalue weighted by atomic mass is 16.5. The van der Waals surface area contributed by atoms with Crippen molar-refractivity contribution in [2.75, 3.05) is 20.6 Å². The number of nitrogens with zero attached hydrogens (tertiary/aromatic N) is 4. The van der Waals surface area contributed by atoms with E-state index < -0.39 is 5.92 Å². The lowest BCUT2D eigenvalue weighted by Gasteiger charge is -2.16. The predicted molar refractivity (Wildman–Crippen MR) is 111 cm³/mol. The van der Waals surface area contributed by atoms with Crippen molar-refractivity contribution in [2.24, 2.45) is 16.0 Å². The van der Waals surface area contributed by atoms with E-state index in [0.717, 1.165) is 41.3 Å². The molecule has 1 amide bonds. The first kappa shape index (κ1) is 18.9. The standard InChI is InChI=1S/C20H23N7O2/c1-12-13(4-8-27(2)3)18(15-5-9-29-26-15)16(24-12)10-17-19(22-7-6-21-17)14-11-23-25-20(14)28/h5-7,9-11,14,21,24H,4,8H2,1-3H3,(H,25,28). The summed E-state index contributed by atoms with van der Waals surface area (Å²) in [6, 6.07) is 1.85. The molecule has 4 heterocycles. The van der Waals surface area contributed by atoms with Crippen molar-refractivity contribution < 1.29 is 9.32 Å². The number of carbonyl (C=O) groups excluding carboxylic acids is 1. The number of hydrogen-bond donors (Lipinski definition) is 3. The van der Waals surface area contributed by atoms with Gasteiger partial charge in [0.25, 0.3) is 5.91 Å². The number of amides is 1. The van der Waals surface area contributed by atoms with Gasteiger partial charge in [-0.3, -0.25) is 9.79 Å². The molecule has 2 aromatic heterocycles. The number of aliphatic imine (C=N–C) groups is 1. The molecule has 0 bridgehead atoms. The van der Waals surface area contributed by atoms with E-state index in [2.05, 4.69) is 56.9 Å². The highest BCUT2D eigenvalue weighted by Gasteiger charge is 2.30. The van der Waals surface area contributed by atoms with Gasteiger partial charge < -0.3 is 19.7 Å². The van der Waals surface area contributed by atoms with E-state index in [-0.39, 0.29) is 5.91 Å². The number of carbonyl (C=O) groups is 1. The van der Waals surface area contributed by atoms with E-state index in [1.165, 1.54) is 5.56 Å².